The van der Waals surface area contributed by atoms with Gasteiger partial charge in [-0.2, -0.15) is 0 Å². The van der Waals surface area contributed by atoms with Crippen molar-refractivity contribution in [2.24, 2.45) is 11.1 Å². The second kappa shape index (κ2) is 6.43. The van der Waals surface area contributed by atoms with Crippen molar-refractivity contribution in [2.75, 3.05) is 26.8 Å². The number of nitrogens with zero attached hydrogens (tertiary/aromatic N) is 1. The van der Waals surface area contributed by atoms with Crippen molar-refractivity contribution in [1.29, 1.82) is 0 Å². The van der Waals surface area contributed by atoms with Crippen LogP contribution in [0.4, 0.5) is 0 Å². The number of likely N-dealkylation sites (N-methyl/N-ethyl adjacent to an activating group) is 1. The van der Waals surface area contributed by atoms with E-state index in [1.165, 1.54) is 23.8 Å². The van der Waals surface area contributed by atoms with E-state index in [-0.39, 0.29) is 10.8 Å². The molecule has 1 aliphatic carbocycles. The second-order valence-electron chi connectivity index (χ2n) is 5.32. The maximum absolute atomic E-state index is 12.2. The van der Waals surface area contributed by atoms with Crippen molar-refractivity contribution in [1.82, 2.24) is 4.90 Å². The van der Waals surface area contributed by atoms with Gasteiger partial charge in [0.1, 0.15) is 0 Å². The minimum Gasteiger partial charge on any atom is -0.379 e. The first kappa shape index (κ1) is 16.4. The number of hydrogen-bond donors (Lipinski definition) is 1. The van der Waals surface area contributed by atoms with Crippen LogP contribution in [0.3, 0.4) is 0 Å². The number of thiophene rings is 1. The Bertz CT molecular complexity index is 620. The van der Waals surface area contributed by atoms with Crippen molar-refractivity contribution < 1.29 is 17.9 Å². The van der Waals surface area contributed by atoms with Crippen LogP contribution in [0.1, 0.15) is 27.4 Å². The number of carbonyl (C=O) groups is 1. The van der Waals surface area contributed by atoms with E-state index in [1.807, 2.05) is 0 Å². The topological polar surface area (TPSA) is 89.7 Å². The number of amides is 1. The summed E-state index contributed by atoms with van der Waals surface area (Å²) >= 11 is 1.14. The molecule has 1 aromatic heterocycles. The van der Waals surface area contributed by atoms with Crippen LogP contribution in [0.2, 0.25) is 0 Å². The summed E-state index contributed by atoms with van der Waals surface area (Å²) in [4.78, 5) is 14.7. The lowest BCUT2D eigenvalue weighted by atomic mass is 10.4. The van der Waals surface area contributed by atoms with Crippen LogP contribution in [-0.2, 0) is 14.8 Å². The van der Waals surface area contributed by atoms with E-state index < -0.39 is 10.0 Å². The van der Waals surface area contributed by atoms with E-state index >= 15 is 0 Å². The molecule has 0 bridgehead atoms. The Hall–Kier alpha value is -0.960. The Kier molecular flexibility index (Phi) is 5.03. The minimum atomic E-state index is -3.78. The molecule has 0 aromatic carbocycles. The smallest absolute Gasteiger partial charge is 0.263 e. The summed E-state index contributed by atoms with van der Waals surface area (Å²) in [5.41, 5.74) is 0. The summed E-state index contributed by atoms with van der Waals surface area (Å²) in [5, 5.41) is 5.11. The highest BCUT2D eigenvalue weighted by Gasteiger charge is 2.22. The van der Waals surface area contributed by atoms with Gasteiger partial charge >= 0.3 is 0 Å². The van der Waals surface area contributed by atoms with E-state index in [4.69, 9.17) is 9.88 Å². The lowest BCUT2D eigenvalue weighted by molar-refractivity contribution is 0.0685. The van der Waals surface area contributed by atoms with Gasteiger partial charge in [0.15, 0.2) is 0 Å². The highest BCUT2D eigenvalue weighted by atomic mass is 32.2. The van der Waals surface area contributed by atoms with Gasteiger partial charge in [0.05, 0.1) is 16.4 Å². The molecule has 6 nitrogen and oxygen atoms in total. The number of sulfonamides is 1. The summed E-state index contributed by atoms with van der Waals surface area (Å²) in [5.74, 6) is 0.483. The third-order valence-electron chi connectivity index (χ3n) is 3.36. The Morgan fingerprint density at radius 3 is 2.71 bits per heavy atom. The highest BCUT2D eigenvalue weighted by Crippen LogP contribution is 2.28. The van der Waals surface area contributed by atoms with Crippen LogP contribution in [0.15, 0.2) is 11.0 Å². The fourth-order valence-electron chi connectivity index (χ4n) is 1.88. The zero-order valence-corrected chi connectivity index (χ0v) is 13.8. The van der Waals surface area contributed by atoms with Gasteiger partial charge in [-0.05, 0) is 31.7 Å². The van der Waals surface area contributed by atoms with Crippen molar-refractivity contribution in [3.8, 4) is 0 Å². The molecule has 118 valence electrons. The molecule has 0 unspecified atom stereocenters. The van der Waals surface area contributed by atoms with Crippen LogP contribution in [0.25, 0.3) is 0 Å². The average Bonchev–Trinajstić information content (AvgIpc) is 3.13. The van der Waals surface area contributed by atoms with E-state index in [2.05, 4.69) is 0 Å². The molecule has 21 heavy (non-hydrogen) atoms. The van der Waals surface area contributed by atoms with Crippen molar-refractivity contribution in [3.05, 3.63) is 15.8 Å². The van der Waals surface area contributed by atoms with Gasteiger partial charge < -0.3 is 9.64 Å². The molecule has 0 spiro atoms. The van der Waals surface area contributed by atoms with Gasteiger partial charge in [-0.15, -0.1) is 11.3 Å². The maximum atomic E-state index is 12.2. The molecule has 1 fully saturated rings. The summed E-state index contributed by atoms with van der Waals surface area (Å²) in [7, 11) is -2.11. The standard InChI is InChI=1S/C13H20N2O4S2/c1-9-12(21(14,17)18)7-11(20-9)13(16)15(2)5-6-19-8-10-3-4-10/h7,10H,3-6,8H2,1-2H3,(H2,14,17,18). The molecule has 1 heterocycles. The predicted molar refractivity (Wildman–Crippen MR) is 80.9 cm³/mol. The molecular weight excluding hydrogens is 312 g/mol. The summed E-state index contributed by atoms with van der Waals surface area (Å²) < 4.78 is 28.3. The first-order valence-electron chi connectivity index (χ1n) is 6.75. The number of nitrogens with two attached hydrogens (primary N) is 1. The monoisotopic (exact) mass is 332 g/mol. The molecule has 8 heteroatoms. The molecule has 0 atom stereocenters. The van der Waals surface area contributed by atoms with Crippen LogP contribution in [0, 0.1) is 12.8 Å². The normalized spacial score (nSPS) is 15.2. The fourth-order valence-corrected chi connectivity index (χ4v) is 4.02. The minimum absolute atomic E-state index is 0.0224. The number of hydrogen-bond acceptors (Lipinski definition) is 5. The van der Waals surface area contributed by atoms with E-state index in [0.717, 1.165) is 17.9 Å². The SMILES string of the molecule is Cc1sc(C(=O)N(C)CCOCC2CC2)cc1S(N)(=O)=O. The van der Waals surface area contributed by atoms with Crippen LogP contribution >= 0.6 is 11.3 Å². The third-order valence-corrected chi connectivity index (χ3v) is 5.56. The molecule has 1 amide bonds. The molecule has 1 aliphatic rings. The highest BCUT2D eigenvalue weighted by molar-refractivity contribution is 7.89. The zero-order valence-electron chi connectivity index (χ0n) is 12.2. The fraction of sp³-hybridized carbons (Fsp3) is 0.615. The third kappa shape index (κ3) is 4.50. The lowest BCUT2D eigenvalue weighted by Crippen LogP contribution is -2.29. The van der Waals surface area contributed by atoms with Crippen molar-refractivity contribution in [3.63, 3.8) is 0 Å². The summed E-state index contributed by atoms with van der Waals surface area (Å²) in [6.45, 7) is 3.37. The Balaban J connectivity index is 1.92. The molecular formula is C13H20N2O4S2. The molecule has 1 aromatic rings. The largest absolute Gasteiger partial charge is 0.379 e. The number of rotatable bonds is 7. The molecule has 1 saturated carbocycles. The van der Waals surface area contributed by atoms with Gasteiger partial charge in [0.25, 0.3) is 5.91 Å². The number of aryl methyl sites for hydroxylation is 1. The van der Waals surface area contributed by atoms with Gasteiger partial charge in [0.2, 0.25) is 10.0 Å². The van der Waals surface area contributed by atoms with Gasteiger partial charge in [-0.25, -0.2) is 13.6 Å². The predicted octanol–water partition coefficient (Wildman–Crippen LogP) is 1.20. The molecule has 0 radical (unpaired) electrons. The van der Waals surface area contributed by atoms with Crippen LogP contribution in [-0.4, -0.2) is 46.0 Å². The van der Waals surface area contributed by atoms with Gasteiger partial charge in [0, 0.05) is 25.1 Å². The second-order valence-corrected chi connectivity index (χ2v) is 8.11. The van der Waals surface area contributed by atoms with E-state index in [9.17, 15) is 13.2 Å². The Morgan fingerprint density at radius 1 is 1.52 bits per heavy atom. The van der Waals surface area contributed by atoms with Crippen LogP contribution < -0.4 is 5.14 Å². The maximum Gasteiger partial charge on any atom is 0.263 e. The zero-order chi connectivity index (χ0) is 15.6. The number of primary sulfonamides is 1. The van der Waals surface area contributed by atoms with Crippen molar-refractivity contribution >= 4 is 27.3 Å². The lowest BCUT2D eigenvalue weighted by Gasteiger charge is -2.16. The molecule has 2 N–H and O–H groups in total. The molecule has 0 saturated heterocycles. The van der Waals surface area contributed by atoms with Crippen molar-refractivity contribution in [2.45, 2.75) is 24.7 Å². The Labute approximate surface area is 128 Å². The van der Waals surface area contributed by atoms with Gasteiger partial charge in [-0.1, -0.05) is 0 Å². The van der Waals surface area contributed by atoms with E-state index in [1.54, 1.807) is 14.0 Å². The van der Waals surface area contributed by atoms with E-state index in [0.29, 0.717) is 28.8 Å². The number of ether oxygens (including phenoxy) is 1. The summed E-state index contributed by atoms with van der Waals surface area (Å²) in [6, 6.07) is 1.35. The van der Waals surface area contributed by atoms with Gasteiger partial charge in [-0.3, -0.25) is 4.79 Å². The quantitative estimate of drug-likeness (QED) is 0.760. The number of carbonyl (C=O) groups excluding carboxylic acids is 1. The first-order chi connectivity index (χ1) is 9.79. The van der Waals surface area contributed by atoms with Crippen LogP contribution in [0.5, 0.6) is 0 Å². The first-order valence-corrected chi connectivity index (χ1v) is 9.11. The molecule has 2 rings (SSSR count). The molecule has 0 aliphatic heterocycles. The Morgan fingerprint density at radius 2 is 2.19 bits per heavy atom. The summed E-state index contributed by atoms with van der Waals surface area (Å²) in [6.07, 6.45) is 2.47. The average molecular weight is 332 g/mol.